The van der Waals surface area contributed by atoms with Crippen molar-refractivity contribution in [2.24, 2.45) is 11.7 Å². The van der Waals surface area contributed by atoms with Crippen LogP contribution in [0.1, 0.15) is 12.5 Å². The van der Waals surface area contributed by atoms with Gasteiger partial charge in [-0.2, -0.15) is 0 Å². The Morgan fingerprint density at radius 2 is 2.06 bits per heavy atom. The van der Waals surface area contributed by atoms with Crippen LogP contribution >= 0.6 is 0 Å². The van der Waals surface area contributed by atoms with E-state index in [0.717, 1.165) is 5.56 Å². The standard InChI is InChI=1S/C12H18N4O/c1-8(7-16-12(14)15)11(13)9-5-3-4-6-10(9)17-2/h3-6,8,13H,7H2,1-2H3,(H4,14,15,16). The van der Waals surface area contributed by atoms with Crippen molar-refractivity contribution in [3.05, 3.63) is 29.8 Å². The molecule has 0 spiro atoms. The molecular weight excluding hydrogens is 216 g/mol. The van der Waals surface area contributed by atoms with Gasteiger partial charge in [-0.25, -0.2) is 0 Å². The van der Waals surface area contributed by atoms with Crippen LogP contribution in [0.4, 0.5) is 0 Å². The van der Waals surface area contributed by atoms with Crippen LogP contribution in [0.15, 0.2) is 24.3 Å². The van der Waals surface area contributed by atoms with Crippen molar-refractivity contribution in [1.29, 1.82) is 10.8 Å². The molecule has 0 aromatic heterocycles. The van der Waals surface area contributed by atoms with E-state index in [9.17, 15) is 0 Å². The second kappa shape index (κ2) is 5.89. The lowest BCUT2D eigenvalue weighted by atomic mass is 9.97. The van der Waals surface area contributed by atoms with Crippen LogP contribution in [0, 0.1) is 16.7 Å². The zero-order valence-electron chi connectivity index (χ0n) is 10.1. The minimum Gasteiger partial charge on any atom is -0.496 e. The zero-order chi connectivity index (χ0) is 12.8. The van der Waals surface area contributed by atoms with E-state index in [2.05, 4.69) is 5.32 Å². The molecule has 0 saturated carbocycles. The Morgan fingerprint density at radius 3 is 2.65 bits per heavy atom. The summed E-state index contributed by atoms with van der Waals surface area (Å²) in [5.74, 6) is 0.562. The lowest BCUT2D eigenvalue weighted by Gasteiger charge is -2.16. The van der Waals surface area contributed by atoms with Gasteiger partial charge in [-0.1, -0.05) is 19.1 Å². The molecule has 5 heteroatoms. The van der Waals surface area contributed by atoms with Crippen LogP contribution in [0.3, 0.4) is 0 Å². The number of nitrogens with one attached hydrogen (secondary N) is 3. The van der Waals surface area contributed by atoms with Crippen LogP contribution in [0.5, 0.6) is 5.75 Å². The summed E-state index contributed by atoms with van der Waals surface area (Å²) >= 11 is 0. The van der Waals surface area contributed by atoms with Crippen molar-refractivity contribution in [1.82, 2.24) is 5.32 Å². The van der Waals surface area contributed by atoms with Crippen LogP contribution in [-0.2, 0) is 0 Å². The first-order valence-electron chi connectivity index (χ1n) is 5.36. The van der Waals surface area contributed by atoms with Crippen LogP contribution in [0.25, 0.3) is 0 Å². The smallest absolute Gasteiger partial charge is 0.185 e. The summed E-state index contributed by atoms with van der Waals surface area (Å²) in [5.41, 5.74) is 6.45. The highest BCUT2D eigenvalue weighted by Gasteiger charge is 2.14. The first-order valence-corrected chi connectivity index (χ1v) is 5.36. The Labute approximate surface area is 101 Å². The third-order valence-corrected chi connectivity index (χ3v) is 2.49. The number of benzene rings is 1. The van der Waals surface area contributed by atoms with Gasteiger partial charge in [0.25, 0.3) is 0 Å². The topological polar surface area (TPSA) is 95.0 Å². The third-order valence-electron chi connectivity index (χ3n) is 2.49. The van der Waals surface area contributed by atoms with E-state index in [0.29, 0.717) is 18.0 Å². The molecule has 0 bridgehead atoms. The summed E-state index contributed by atoms with van der Waals surface area (Å²) < 4.78 is 5.21. The molecule has 5 N–H and O–H groups in total. The number of hydrogen-bond acceptors (Lipinski definition) is 3. The Balaban J connectivity index is 2.77. The Bertz CT molecular complexity index is 417. The van der Waals surface area contributed by atoms with Gasteiger partial charge < -0.3 is 21.2 Å². The minimum atomic E-state index is -0.0790. The molecule has 0 aliphatic rings. The number of para-hydroxylation sites is 1. The summed E-state index contributed by atoms with van der Waals surface area (Å²) in [6, 6.07) is 7.42. The number of methoxy groups -OCH3 is 1. The number of guanidine groups is 1. The van der Waals surface area contributed by atoms with Crippen molar-refractivity contribution in [2.45, 2.75) is 6.92 Å². The molecule has 0 radical (unpaired) electrons. The normalized spacial score (nSPS) is 11.6. The molecule has 1 rings (SSSR count). The highest BCUT2D eigenvalue weighted by atomic mass is 16.5. The maximum absolute atomic E-state index is 8.09. The van der Waals surface area contributed by atoms with Crippen LogP contribution in [0.2, 0.25) is 0 Å². The fraction of sp³-hybridized carbons (Fsp3) is 0.333. The molecule has 0 amide bonds. The van der Waals surface area contributed by atoms with Gasteiger partial charge in [0.05, 0.1) is 7.11 Å². The lowest BCUT2D eigenvalue weighted by molar-refractivity contribution is 0.413. The molecular formula is C12H18N4O. The third kappa shape index (κ3) is 3.48. The Kier molecular flexibility index (Phi) is 4.51. The largest absolute Gasteiger partial charge is 0.496 e. The fourth-order valence-corrected chi connectivity index (χ4v) is 1.50. The van der Waals surface area contributed by atoms with Gasteiger partial charge in [-0.15, -0.1) is 0 Å². The van der Waals surface area contributed by atoms with E-state index >= 15 is 0 Å². The average Bonchev–Trinajstić information content (AvgIpc) is 2.34. The summed E-state index contributed by atoms with van der Waals surface area (Å²) in [4.78, 5) is 0. The highest BCUT2D eigenvalue weighted by Crippen LogP contribution is 2.20. The van der Waals surface area contributed by atoms with Gasteiger partial charge in [0.1, 0.15) is 5.75 Å². The van der Waals surface area contributed by atoms with E-state index in [1.165, 1.54) is 0 Å². The average molecular weight is 234 g/mol. The summed E-state index contributed by atoms with van der Waals surface area (Å²) in [6.45, 7) is 2.37. The van der Waals surface area contributed by atoms with Crippen molar-refractivity contribution in [3.63, 3.8) is 0 Å². The summed E-state index contributed by atoms with van der Waals surface area (Å²) in [5, 5.41) is 17.9. The van der Waals surface area contributed by atoms with E-state index in [1.807, 2.05) is 31.2 Å². The molecule has 1 aromatic carbocycles. The molecule has 92 valence electrons. The van der Waals surface area contributed by atoms with Crippen LogP contribution in [-0.4, -0.2) is 25.3 Å². The van der Waals surface area contributed by atoms with Gasteiger partial charge >= 0.3 is 0 Å². The Hall–Kier alpha value is -2.04. The second-order valence-corrected chi connectivity index (χ2v) is 3.81. The first-order chi connectivity index (χ1) is 8.06. The van der Waals surface area contributed by atoms with Gasteiger partial charge in [0, 0.05) is 23.7 Å². The number of hydrogen-bond donors (Lipinski definition) is 4. The van der Waals surface area contributed by atoms with E-state index in [1.54, 1.807) is 7.11 Å². The molecule has 5 nitrogen and oxygen atoms in total. The second-order valence-electron chi connectivity index (χ2n) is 3.81. The predicted molar refractivity (Wildman–Crippen MR) is 68.9 cm³/mol. The molecule has 0 saturated heterocycles. The zero-order valence-corrected chi connectivity index (χ0v) is 10.1. The van der Waals surface area contributed by atoms with E-state index in [4.69, 9.17) is 21.3 Å². The van der Waals surface area contributed by atoms with Gasteiger partial charge in [0.2, 0.25) is 0 Å². The van der Waals surface area contributed by atoms with E-state index in [-0.39, 0.29) is 11.9 Å². The molecule has 1 aromatic rings. The summed E-state index contributed by atoms with van der Waals surface area (Å²) in [6.07, 6.45) is 0. The van der Waals surface area contributed by atoms with Crippen molar-refractivity contribution >= 4 is 11.7 Å². The SMILES string of the molecule is COc1ccccc1C(=N)C(C)CNC(=N)N. The molecule has 0 fully saturated rings. The van der Waals surface area contributed by atoms with E-state index < -0.39 is 0 Å². The van der Waals surface area contributed by atoms with Gasteiger partial charge in [-0.05, 0) is 12.1 Å². The maximum atomic E-state index is 8.09. The van der Waals surface area contributed by atoms with Crippen molar-refractivity contribution in [2.75, 3.05) is 13.7 Å². The quantitative estimate of drug-likeness (QED) is 0.455. The monoisotopic (exact) mass is 234 g/mol. The van der Waals surface area contributed by atoms with Gasteiger partial charge in [0.15, 0.2) is 5.96 Å². The molecule has 0 aliphatic heterocycles. The highest BCUT2D eigenvalue weighted by molar-refractivity contribution is 6.02. The number of rotatable bonds is 5. The predicted octanol–water partition coefficient (Wildman–Crippen LogP) is 1.18. The lowest BCUT2D eigenvalue weighted by Crippen LogP contribution is -2.35. The van der Waals surface area contributed by atoms with Crippen molar-refractivity contribution in [3.8, 4) is 5.75 Å². The van der Waals surface area contributed by atoms with Crippen molar-refractivity contribution < 1.29 is 4.74 Å². The first kappa shape index (κ1) is 13.0. The van der Waals surface area contributed by atoms with Gasteiger partial charge in [-0.3, -0.25) is 5.41 Å². The number of nitrogens with two attached hydrogens (primary N) is 1. The molecule has 17 heavy (non-hydrogen) atoms. The Morgan fingerprint density at radius 1 is 1.41 bits per heavy atom. The minimum absolute atomic E-state index is 0.0461. The molecule has 0 aliphatic carbocycles. The fourth-order valence-electron chi connectivity index (χ4n) is 1.50. The van der Waals surface area contributed by atoms with Crippen LogP contribution < -0.4 is 15.8 Å². The maximum Gasteiger partial charge on any atom is 0.185 e. The summed E-state index contributed by atoms with van der Waals surface area (Å²) in [7, 11) is 1.59. The number of ether oxygens (including phenoxy) is 1. The molecule has 1 unspecified atom stereocenters. The molecule has 1 atom stereocenters. The molecule has 0 heterocycles.